The van der Waals surface area contributed by atoms with Crippen molar-refractivity contribution >= 4 is 5.97 Å². The standard InChI is InChI=1S/C16H18O3/c1-3-9-16(10-13(2)18-11-16)12-19-15(17)14-7-5-4-6-8-14/h1,4-8,13H,9-12H2,2H3. The Morgan fingerprint density at radius 1 is 1.53 bits per heavy atom. The van der Waals surface area contributed by atoms with E-state index < -0.39 is 0 Å². The fourth-order valence-corrected chi connectivity index (χ4v) is 2.41. The molecule has 1 aliphatic rings. The Kier molecular flexibility index (Phi) is 4.24. The molecule has 2 unspecified atom stereocenters. The normalized spacial score (nSPS) is 25.8. The minimum Gasteiger partial charge on any atom is -0.461 e. The molecule has 1 fully saturated rings. The van der Waals surface area contributed by atoms with Crippen LogP contribution in [0.4, 0.5) is 0 Å². The van der Waals surface area contributed by atoms with Crippen LogP contribution in [0.1, 0.15) is 30.1 Å². The van der Waals surface area contributed by atoms with Crippen molar-refractivity contribution in [1.29, 1.82) is 0 Å². The van der Waals surface area contributed by atoms with E-state index in [9.17, 15) is 4.79 Å². The van der Waals surface area contributed by atoms with Crippen molar-refractivity contribution in [3.63, 3.8) is 0 Å². The third-order valence-electron chi connectivity index (χ3n) is 3.39. The summed E-state index contributed by atoms with van der Waals surface area (Å²) in [6.45, 7) is 2.88. The van der Waals surface area contributed by atoms with Gasteiger partial charge in [-0.1, -0.05) is 18.2 Å². The van der Waals surface area contributed by atoms with E-state index in [1.54, 1.807) is 12.1 Å². The summed E-state index contributed by atoms with van der Waals surface area (Å²) in [7, 11) is 0. The van der Waals surface area contributed by atoms with E-state index in [4.69, 9.17) is 15.9 Å². The van der Waals surface area contributed by atoms with Crippen LogP contribution in [0.3, 0.4) is 0 Å². The fourth-order valence-electron chi connectivity index (χ4n) is 2.41. The molecule has 0 N–H and O–H groups in total. The SMILES string of the molecule is C#CCC1(COC(=O)c2ccccc2)COC(C)C1. The van der Waals surface area contributed by atoms with Gasteiger partial charge in [0.25, 0.3) is 0 Å². The zero-order valence-corrected chi connectivity index (χ0v) is 11.1. The van der Waals surface area contributed by atoms with Crippen LogP contribution in [0, 0.1) is 17.8 Å². The highest BCUT2D eigenvalue weighted by atomic mass is 16.5. The summed E-state index contributed by atoms with van der Waals surface area (Å²) in [5, 5.41) is 0. The first-order chi connectivity index (χ1) is 9.15. The second-order valence-electron chi connectivity index (χ2n) is 5.15. The highest BCUT2D eigenvalue weighted by Gasteiger charge is 2.39. The predicted molar refractivity (Wildman–Crippen MR) is 72.6 cm³/mol. The molecular formula is C16H18O3. The van der Waals surface area contributed by atoms with E-state index in [1.165, 1.54) is 0 Å². The Hall–Kier alpha value is -1.79. The molecule has 1 aromatic rings. The topological polar surface area (TPSA) is 35.5 Å². The first kappa shape index (κ1) is 13.6. The second-order valence-corrected chi connectivity index (χ2v) is 5.15. The summed E-state index contributed by atoms with van der Waals surface area (Å²) in [5.74, 6) is 2.35. The van der Waals surface area contributed by atoms with Crippen molar-refractivity contribution in [2.24, 2.45) is 5.41 Å². The third kappa shape index (κ3) is 3.36. The van der Waals surface area contributed by atoms with Crippen LogP contribution in [-0.2, 0) is 9.47 Å². The van der Waals surface area contributed by atoms with Crippen molar-refractivity contribution in [3.8, 4) is 12.3 Å². The van der Waals surface area contributed by atoms with Crippen molar-refractivity contribution in [1.82, 2.24) is 0 Å². The number of carbonyl (C=O) groups is 1. The highest BCUT2D eigenvalue weighted by Crippen LogP contribution is 2.36. The third-order valence-corrected chi connectivity index (χ3v) is 3.39. The Bertz CT molecular complexity index is 475. The lowest BCUT2D eigenvalue weighted by molar-refractivity contribution is 0.0245. The largest absolute Gasteiger partial charge is 0.461 e. The van der Waals surface area contributed by atoms with Gasteiger partial charge in [-0.25, -0.2) is 4.79 Å². The maximum atomic E-state index is 11.9. The van der Waals surface area contributed by atoms with Crippen LogP contribution in [-0.4, -0.2) is 25.3 Å². The summed E-state index contributed by atoms with van der Waals surface area (Å²) in [6.07, 6.45) is 6.98. The quantitative estimate of drug-likeness (QED) is 0.615. The van der Waals surface area contributed by atoms with E-state index in [-0.39, 0.29) is 17.5 Å². The van der Waals surface area contributed by atoms with Crippen molar-refractivity contribution in [2.45, 2.75) is 25.9 Å². The van der Waals surface area contributed by atoms with Crippen molar-refractivity contribution in [3.05, 3.63) is 35.9 Å². The average Bonchev–Trinajstić information content (AvgIpc) is 2.79. The van der Waals surface area contributed by atoms with Gasteiger partial charge in [-0.15, -0.1) is 12.3 Å². The van der Waals surface area contributed by atoms with E-state index >= 15 is 0 Å². The molecule has 0 saturated carbocycles. The average molecular weight is 258 g/mol. The molecule has 1 aromatic carbocycles. The molecule has 0 radical (unpaired) electrons. The molecule has 0 spiro atoms. The van der Waals surface area contributed by atoms with Crippen molar-refractivity contribution in [2.75, 3.05) is 13.2 Å². The molecular weight excluding hydrogens is 240 g/mol. The lowest BCUT2D eigenvalue weighted by atomic mass is 9.83. The van der Waals surface area contributed by atoms with Crippen LogP contribution in [0.2, 0.25) is 0 Å². The van der Waals surface area contributed by atoms with E-state index in [0.717, 1.165) is 6.42 Å². The summed E-state index contributed by atoms with van der Waals surface area (Å²) in [5.41, 5.74) is 0.337. The second kappa shape index (κ2) is 5.90. The molecule has 2 rings (SSSR count). The molecule has 1 aliphatic heterocycles. The number of benzene rings is 1. The maximum Gasteiger partial charge on any atom is 0.338 e. The molecule has 3 heteroatoms. The van der Waals surface area contributed by atoms with Gasteiger partial charge in [0.15, 0.2) is 0 Å². The highest BCUT2D eigenvalue weighted by molar-refractivity contribution is 5.89. The smallest absolute Gasteiger partial charge is 0.338 e. The first-order valence-electron chi connectivity index (χ1n) is 6.42. The Labute approximate surface area is 113 Å². The van der Waals surface area contributed by atoms with Crippen LogP contribution in [0.5, 0.6) is 0 Å². The Balaban J connectivity index is 1.97. The van der Waals surface area contributed by atoms with Gasteiger partial charge >= 0.3 is 5.97 Å². The van der Waals surface area contributed by atoms with Gasteiger partial charge < -0.3 is 9.47 Å². The number of esters is 1. The number of hydrogen-bond acceptors (Lipinski definition) is 3. The molecule has 2 atom stereocenters. The molecule has 1 heterocycles. The molecule has 0 bridgehead atoms. The van der Waals surface area contributed by atoms with Crippen molar-refractivity contribution < 1.29 is 14.3 Å². The minimum absolute atomic E-state index is 0.170. The molecule has 0 amide bonds. The van der Waals surface area contributed by atoms with Crippen LogP contribution < -0.4 is 0 Å². The summed E-state index contributed by atoms with van der Waals surface area (Å²) in [4.78, 5) is 11.9. The molecule has 0 aromatic heterocycles. The lowest BCUT2D eigenvalue weighted by Crippen LogP contribution is -2.29. The molecule has 1 saturated heterocycles. The van der Waals surface area contributed by atoms with Gasteiger partial charge in [-0.3, -0.25) is 0 Å². The first-order valence-corrected chi connectivity index (χ1v) is 6.42. The maximum absolute atomic E-state index is 11.9. The van der Waals surface area contributed by atoms with Crippen LogP contribution in [0.25, 0.3) is 0 Å². The fraction of sp³-hybridized carbons (Fsp3) is 0.438. The van der Waals surface area contributed by atoms with Gasteiger partial charge in [0.05, 0.1) is 18.3 Å². The summed E-state index contributed by atoms with van der Waals surface area (Å²) < 4.78 is 11.0. The number of carbonyl (C=O) groups excluding carboxylic acids is 1. The van der Waals surface area contributed by atoms with E-state index in [0.29, 0.717) is 25.2 Å². The van der Waals surface area contributed by atoms with Crippen LogP contribution >= 0.6 is 0 Å². The van der Waals surface area contributed by atoms with Gasteiger partial charge in [0, 0.05) is 11.8 Å². The summed E-state index contributed by atoms with van der Waals surface area (Å²) >= 11 is 0. The molecule has 3 nitrogen and oxygen atoms in total. The monoisotopic (exact) mass is 258 g/mol. The van der Waals surface area contributed by atoms with E-state index in [2.05, 4.69) is 5.92 Å². The Morgan fingerprint density at radius 2 is 2.26 bits per heavy atom. The van der Waals surface area contributed by atoms with Gasteiger partial charge in [-0.05, 0) is 25.5 Å². The predicted octanol–water partition coefficient (Wildman–Crippen LogP) is 2.66. The lowest BCUT2D eigenvalue weighted by Gasteiger charge is -2.24. The van der Waals surface area contributed by atoms with Crippen LogP contribution in [0.15, 0.2) is 30.3 Å². The zero-order chi connectivity index (χ0) is 13.7. The molecule has 0 aliphatic carbocycles. The zero-order valence-electron chi connectivity index (χ0n) is 11.1. The van der Waals surface area contributed by atoms with Gasteiger partial charge in [0.1, 0.15) is 6.61 Å². The van der Waals surface area contributed by atoms with E-state index in [1.807, 2.05) is 25.1 Å². The number of hydrogen-bond donors (Lipinski definition) is 0. The number of rotatable bonds is 4. The number of terminal acetylenes is 1. The molecule has 100 valence electrons. The molecule has 19 heavy (non-hydrogen) atoms. The van der Waals surface area contributed by atoms with Gasteiger partial charge in [-0.2, -0.15) is 0 Å². The summed E-state index contributed by atoms with van der Waals surface area (Å²) in [6, 6.07) is 8.97. The van der Waals surface area contributed by atoms with Gasteiger partial charge in [0.2, 0.25) is 0 Å². The Morgan fingerprint density at radius 3 is 2.84 bits per heavy atom. The minimum atomic E-state index is -0.309. The number of ether oxygens (including phenoxy) is 2.